The van der Waals surface area contributed by atoms with Crippen molar-refractivity contribution >= 4 is 17.9 Å². The lowest BCUT2D eigenvalue weighted by molar-refractivity contribution is -0.116. The number of nitrogens with zero attached hydrogens (tertiary/aromatic N) is 2. The zero-order valence-corrected chi connectivity index (χ0v) is 16.3. The molecule has 0 bridgehead atoms. The van der Waals surface area contributed by atoms with Crippen LogP contribution in [0.5, 0.6) is 0 Å². The average Bonchev–Trinajstić information content (AvgIpc) is 3.19. The Kier molecular flexibility index (Phi) is 6.95. The molecule has 0 spiro atoms. The normalized spacial score (nSPS) is 10.8. The quantitative estimate of drug-likeness (QED) is 0.583. The van der Waals surface area contributed by atoms with Crippen molar-refractivity contribution in [3.8, 4) is 0 Å². The van der Waals surface area contributed by atoms with Gasteiger partial charge in [-0.25, -0.2) is 4.98 Å². The molecule has 0 atom stereocenters. The van der Waals surface area contributed by atoms with Crippen LogP contribution >= 0.6 is 0 Å². The molecule has 29 heavy (non-hydrogen) atoms. The van der Waals surface area contributed by atoms with Gasteiger partial charge in [-0.3, -0.25) is 9.59 Å². The number of rotatable bonds is 8. The Hall–Kier alpha value is -3.67. The first-order valence-corrected chi connectivity index (χ1v) is 9.47. The lowest BCUT2D eigenvalue weighted by atomic mass is 10.1. The zero-order valence-electron chi connectivity index (χ0n) is 16.3. The monoisotopic (exact) mass is 388 g/mol. The van der Waals surface area contributed by atoms with Crippen molar-refractivity contribution in [2.75, 3.05) is 13.6 Å². The number of carbonyl (C=O) groups excluding carboxylic acids is 2. The molecule has 6 nitrogen and oxygen atoms in total. The van der Waals surface area contributed by atoms with Crippen LogP contribution in [0.4, 0.5) is 0 Å². The molecular formula is C23H24N4O2. The highest BCUT2D eigenvalue weighted by Gasteiger charge is 2.05. The summed E-state index contributed by atoms with van der Waals surface area (Å²) in [6.07, 6.45) is 7.60. The van der Waals surface area contributed by atoms with Gasteiger partial charge in [0.2, 0.25) is 5.91 Å². The number of nitrogens with one attached hydrogen (secondary N) is 2. The van der Waals surface area contributed by atoms with Crippen LogP contribution in [0.25, 0.3) is 6.08 Å². The van der Waals surface area contributed by atoms with Crippen molar-refractivity contribution in [2.24, 2.45) is 0 Å². The van der Waals surface area contributed by atoms with Gasteiger partial charge in [0.05, 0.1) is 0 Å². The zero-order chi connectivity index (χ0) is 20.5. The van der Waals surface area contributed by atoms with E-state index in [0.29, 0.717) is 18.5 Å². The number of amides is 2. The van der Waals surface area contributed by atoms with E-state index in [0.717, 1.165) is 17.9 Å². The fourth-order valence-corrected chi connectivity index (χ4v) is 2.91. The van der Waals surface area contributed by atoms with E-state index < -0.39 is 0 Å². The SMILES string of the molecule is CNC(=O)c1ccc(/C=C/C(=O)NCCc2nccn2Cc2ccccc2)cc1. The fraction of sp³-hybridized carbons (Fsp3) is 0.174. The van der Waals surface area contributed by atoms with Gasteiger partial charge in [-0.2, -0.15) is 0 Å². The second-order valence-corrected chi connectivity index (χ2v) is 6.53. The van der Waals surface area contributed by atoms with Crippen molar-refractivity contribution in [3.05, 3.63) is 95.6 Å². The number of hydrogen-bond acceptors (Lipinski definition) is 3. The molecule has 0 aliphatic rings. The maximum atomic E-state index is 12.1. The lowest BCUT2D eigenvalue weighted by Crippen LogP contribution is -2.24. The highest BCUT2D eigenvalue weighted by atomic mass is 16.2. The Labute approximate surface area is 170 Å². The van der Waals surface area contributed by atoms with E-state index in [-0.39, 0.29) is 11.8 Å². The molecule has 0 radical (unpaired) electrons. The van der Waals surface area contributed by atoms with E-state index in [1.54, 1.807) is 43.6 Å². The highest BCUT2D eigenvalue weighted by Crippen LogP contribution is 2.07. The van der Waals surface area contributed by atoms with E-state index in [4.69, 9.17) is 0 Å². The van der Waals surface area contributed by atoms with Crippen molar-refractivity contribution in [1.29, 1.82) is 0 Å². The minimum absolute atomic E-state index is 0.135. The summed E-state index contributed by atoms with van der Waals surface area (Å²) in [7, 11) is 1.59. The van der Waals surface area contributed by atoms with Gasteiger partial charge in [0, 0.05) is 50.6 Å². The van der Waals surface area contributed by atoms with Gasteiger partial charge in [0.1, 0.15) is 5.82 Å². The Bertz CT molecular complexity index is 976. The Balaban J connectivity index is 1.47. The summed E-state index contributed by atoms with van der Waals surface area (Å²) in [6, 6.07) is 17.2. The summed E-state index contributed by atoms with van der Waals surface area (Å²) in [5.41, 5.74) is 2.65. The molecule has 1 aromatic heterocycles. The third-order valence-electron chi connectivity index (χ3n) is 4.47. The summed E-state index contributed by atoms with van der Waals surface area (Å²) in [6.45, 7) is 1.26. The molecule has 3 rings (SSSR count). The van der Waals surface area contributed by atoms with Gasteiger partial charge in [0.15, 0.2) is 0 Å². The van der Waals surface area contributed by atoms with Gasteiger partial charge in [-0.1, -0.05) is 42.5 Å². The predicted octanol–water partition coefficient (Wildman–Crippen LogP) is 2.66. The summed E-state index contributed by atoms with van der Waals surface area (Å²) < 4.78 is 2.09. The third kappa shape index (κ3) is 5.90. The molecule has 2 amide bonds. The molecule has 0 saturated heterocycles. The van der Waals surface area contributed by atoms with Gasteiger partial charge < -0.3 is 15.2 Å². The molecule has 0 unspecified atom stereocenters. The van der Waals surface area contributed by atoms with Crippen LogP contribution in [-0.2, 0) is 17.8 Å². The summed E-state index contributed by atoms with van der Waals surface area (Å²) in [5.74, 6) is 0.633. The van der Waals surface area contributed by atoms with Gasteiger partial charge in [-0.15, -0.1) is 0 Å². The van der Waals surface area contributed by atoms with E-state index in [1.807, 2.05) is 24.4 Å². The molecule has 0 saturated carbocycles. The van der Waals surface area contributed by atoms with E-state index in [2.05, 4.69) is 32.3 Å². The number of imidazole rings is 1. The highest BCUT2D eigenvalue weighted by molar-refractivity contribution is 5.94. The molecule has 6 heteroatoms. The minimum atomic E-state index is -0.165. The van der Waals surface area contributed by atoms with E-state index in [9.17, 15) is 9.59 Å². The maximum Gasteiger partial charge on any atom is 0.251 e. The molecule has 0 aliphatic carbocycles. The van der Waals surface area contributed by atoms with Crippen LogP contribution in [0.15, 0.2) is 73.1 Å². The molecule has 148 valence electrons. The predicted molar refractivity (Wildman–Crippen MR) is 113 cm³/mol. The fourth-order valence-electron chi connectivity index (χ4n) is 2.91. The van der Waals surface area contributed by atoms with Crippen LogP contribution in [0.1, 0.15) is 27.3 Å². The second kappa shape index (κ2) is 10.0. The second-order valence-electron chi connectivity index (χ2n) is 6.53. The van der Waals surface area contributed by atoms with Gasteiger partial charge in [0.25, 0.3) is 5.91 Å². The van der Waals surface area contributed by atoms with E-state index >= 15 is 0 Å². The maximum absolute atomic E-state index is 12.1. The topological polar surface area (TPSA) is 76.0 Å². The standard InChI is InChI=1S/C23H24N4O2/c1-24-23(29)20-10-7-18(8-11-20)9-12-22(28)26-14-13-21-25-15-16-27(21)17-19-5-3-2-4-6-19/h2-12,15-16H,13-14,17H2,1H3,(H,24,29)(H,26,28)/b12-9+. The summed E-state index contributed by atoms with van der Waals surface area (Å²) in [5, 5.41) is 5.45. The molecular weight excluding hydrogens is 364 g/mol. The van der Waals surface area contributed by atoms with Crippen LogP contribution in [0.2, 0.25) is 0 Å². The molecule has 3 aromatic rings. The Morgan fingerprint density at radius 1 is 1.07 bits per heavy atom. The Morgan fingerprint density at radius 2 is 1.83 bits per heavy atom. The van der Waals surface area contributed by atoms with Crippen LogP contribution in [-0.4, -0.2) is 35.0 Å². The number of hydrogen-bond donors (Lipinski definition) is 2. The summed E-state index contributed by atoms with van der Waals surface area (Å²) in [4.78, 5) is 28.0. The average molecular weight is 388 g/mol. The van der Waals surface area contributed by atoms with Gasteiger partial charge in [-0.05, 0) is 29.3 Å². The number of carbonyl (C=O) groups is 2. The largest absolute Gasteiger partial charge is 0.355 e. The van der Waals surface area contributed by atoms with Crippen LogP contribution in [0, 0.1) is 0 Å². The molecule has 1 heterocycles. The van der Waals surface area contributed by atoms with Crippen molar-refractivity contribution < 1.29 is 9.59 Å². The van der Waals surface area contributed by atoms with Crippen molar-refractivity contribution in [2.45, 2.75) is 13.0 Å². The van der Waals surface area contributed by atoms with Crippen molar-refractivity contribution in [3.63, 3.8) is 0 Å². The minimum Gasteiger partial charge on any atom is -0.355 e. The number of aromatic nitrogens is 2. The molecule has 2 N–H and O–H groups in total. The molecule has 0 aliphatic heterocycles. The van der Waals surface area contributed by atoms with Crippen LogP contribution < -0.4 is 10.6 Å². The first-order valence-electron chi connectivity index (χ1n) is 9.47. The Morgan fingerprint density at radius 3 is 2.55 bits per heavy atom. The summed E-state index contributed by atoms with van der Waals surface area (Å²) >= 11 is 0. The first-order chi connectivity index (χ1) is 14.2. The number of benzene rings is 2. The third-order valence-corrected chi connectivity index (χ3v) is 4.47. The smallest absolute Gasteiger partial charge is 0.251 e. The van der Waals surface area contributed by atoms with Crippen LogP contribution in [0.3, 0.4) is 0 Å². The van der Waals surface area contributed by atoms with E-state index in [1.165, 1.54) is 11.6 Å². The molecule has 2 aromatic carbocycles. The lowest BCUT2D eigenvalue weighted by Gasteiger charge is -2.08. The van der Waals surface area contributed by atoms with Gasteiger partial charge >= 0.3 is 0 Å². The molecule has 0 fully saturated rings. The van der Waals surface area contributed by atoms with Crippen molar-refractivity contribution in [1.82, 2.24) is 20.2 Å². The first kappa shape index (κ1) is 20.1.